The molecular formula is C16H16F2N4O. The van der Waals surface area contributed by atoms with Gasteiger partial charge < -0.3 is 10.2 Å². The van der Waals surface area contributed by atoms with Crippen LogP contribution in [-0.2, 0) is 0 Å². The number of hydrogen-bond donors (Lipinski definition) is 1. The van der Waals surface area contributed by atoms with Crippen LogP contribution in [-0.4, -0.2) is 33.9 Å². The lowest BCUT2D eigenvalue weighted by molar-refractivity contribution is 0.0723. The van der Waals surface area contributed by atoms with Gasteiger partial charge in [-0.05, 0) is 31.4 Å². The molecule has 0 aliphatic carbocycles. The molecule has 1 saturated heterocycles. The van der Waals surface area contributed by atoms with E-state index in [1.165, 1.54) is 18.5 Å². The number of anilines is 2. The fourth-order valence-electron chi connectivity index (χ4n) is 2.49. The molecule has 5 nitrogen and oxygen atoms in total. The van der Waals surface area contributed by atoms with Gasteiger partial charge in [0.05, 0.1) is 5.56 Å². The summed E-state index contributed by atoms with van der Waals surface area (Å²) in [6.07, 6.45) is 6.06. The average Bonchev–Trinajstić information content (AvgIpc) is 2.59. The Morgan fingerprint density at radius 3 is 2.39 bits per heavy atom. The zero-order valence-electron chi connectivity index (χ0n) is 12.4. The van der Waals surface area contributed by atoms with E-state index in [1.54, 1.807) is 4.90 Å². The zero-order valence-corrected chi connectivity index (χ0v) is 12.4. The van der Waals surface area contributed by atoms with Gasteiger partial charge in [0.2, 0.25) is 5.95 Å². The number of benzene rings is 1. The first-order chi connectivity index (χ1) is 11.1. The van der Waals surface area contributed by atoms with Crippen LogP contribution in [0.3, 0.4) is 0 Å². The van der Waals surface area contributed by atoms with Crippen LogP contribution in [0.2, 0.25) is 0 Å². The summed E-state index contributed by atoms with van der Waals surface area (Å²) in [5.74, 6) is -1.74. The maximum absolute atomic E-state index is 13.2. The van der Waals surface area contributed by atoms with Gasteiger partial charge in [-0.1, -0.05) is 0 Å². The highest BCUT2D eigenvalue weighted by Crippen LogP contribution is 2.17. The van der Waals surface area contributed by atoms with Crippen molar-refractivity contribution < 1.29 is 13.6 Å². The molecule has 1 fully saturated rings. The molecule has 0 saturated carbocycles. The first-order valence-corrected chi connectivity index (χ1v) is 7.47. The number of nitrogens with zero attached hydrogens (tertiary/aromatic N) is 3. The fourth-order valence-corrected chi connectivity index (χ4v) is 2.49. The molecule has 0 bridgehead atoms. The molecule has 120 valence electrons. The predicted molar refractivity (Wildman–Crippen MR) is 81.4 cm³/mol. The van der Waals surface area contributed by atoms with Crippen molar-refractivity contribution in [2.45, 2.75) is 19.3 Å². The number of aromatic nitrogens is 2. The first kappa shape index (κ1) is 15.3. The van der Waals surface area contributed by atoms with Crippen LogP contribution >= 0.6 is 0 Å². The topological polar surface area (TPSA) is 58.1 Å². The van der Waals surface area contributed by atoms with Crippen LogP contribution in [0.5, 0.6) is 0 Å². The molecule has 1 aliphatic heterocycles. The highest BCUT2D eigenvalue weighted by molar-refractivity contribution is 5.93. The summed E-state index contributed by atoms with van der Waals surface area (Å²) in [6.45, 7) is 1.52. The molecule has 1 aromatic carbocycles. The van der Waals surface area contributed by atoms with Gasteiger partial charge >= 0.3 is 0 Å². The molecule has 7 heteroatoms. The van der Waals surface area contributed by atoms with Crippen molar-refractivity contribution in [2.75, 3.05) is 18.4 Å². The van der Waals surface area contributed by atoms with Crippen molar-refractivity contribution in [2.24, 2.45) is 0 Å². The van der Waals surface area contributed by atoms with Crippen LogP contribution in [0.15, 0.2) is 30.6 Å². The van der Waals surface area contributed by atoms with Gasteiger partial charge in [0.1, 0.15) is 0 Å². The average molecular weight is 318 g/mol. The number of halogens is 2. The Labute approximate surface area is 132 Å². The summed E-state index contributed by atoms with van der Waals surface area (Å²) in [5, 5.41) is 2.76. The number of hydrogen-bond acceptors (Lipinski definition) is 4. The molecule has 0 radical (unpaired) electrons. The number of carbonyl (C=O) groups excluding carboxylic acids is 1. The van der Waals surface area contributed by atoms with Gasteiger partial charge in [-0.25, -0.2) is 18.7 Å². The number of amides is 1. The monoisotopic (exact) mass is 318 g/mol. The summed E-state index contributed by atoms with van der Waals surface area (Å²) in [5.41, 5.74) is 0.752. The lowest BCUT2D eigenvalue weighted by Crippen LogP contribution is -2.35. The molecule has 1 aliphatic rings. The molecule has 1 aromatic heterocycles. The summed E-state index contributed by atoms with van der Waals surface area (Å²) in [6, 6.07) is 3.42. The van der Waals surface area contributed by atoms with Crippen molar-refractivity contribution in [3.05, 3.63) is 47.8 Å². The van der Waals surface area contributed by atoms with Crippen molar-refractivity contribution in [1.29, 1.82) is 0 Å². The minimum absolute atomic E-state index is 0.0796. The van der Waals surface area contributed by atoms with E-state index in [2.05, 4.69) is 15.3 Å². The Kier molecular flexibility index (Phi) is 4.45. The normalized spacial score (nSPS) is 14.6. The van der Waals surface area contributed by atoms with Crippen molar-refractivity contribution in [3.8, 4) is 0 Å². The molecule has 3 rings (SSSR count). The third kappa shape index (κ3) is 3.61. The second-order valence-electron chi connectivity index (χ2n) is 5.40. The van der Waals surface area contributed by atoms with Crippen LogP contribution < -0.4 is 5.32 Å². The fraction of sp³-hybridized carbons (Fsp3) is 0.312. The number of carbonyl (C=O) groups is 1. The maximum Gasteiger partial charge on any atom is 0.256 e. The zero-order chi connectivity index (χ0) is 16.2. The van der Waals surface area contributed by atoms with Gasteiger partial charge in [-0.15, -0.1) is 0 Å². The second kappa shape index (κ2) is 6.68. The lowest BCUT2D eigenvalue weighted by atomic mass is 10.1. The van der Waals surface area contributed by atoms with Gasteiger partial charge in [-0.2, -0.15) is 0 Å². The summed E-state index contributed by atoms with van der Waals surface area (Å²) < 4.78 is 26.0. The first-order valence-electron chi connectivity index (χ1n) is 7.47. The largest absolute Gasteiger partial charge is 0.339 e. The highest BCUT2D eigenvalue weighted by atomic mass is 19.2. The van der Waals surface area contributed by atoms with Crippen LogP contribution in [0.25, 0.3) is 0 Å². The van der Waals surface area contributed by atoms with Crippen LogP contribution in [0.1, 0.15) is 29.6 Å². The Morgan fingerprint density at radius 2 is 1.74 bits per heavy atom. The number of likely N-dealkylation sites (tertiary alicyclic amines) is 1. The van der Waals surface area contributed by atoms with E-state index >= 15 is 0 Å². The van der Waals surface area contributed by atoms with E-state index < -0.39 is 11.6 Å². The Hall–Kier alpha value is -2.57. The van der Waals surface area contributed by atoms with E-state index in [0.29, 0.717) is 11.3 Å². The molecule has 1 amide bonds. The molecule has 0 spiro atoms. The van der Waals surface area contributed by atoms with Gasteiger partial charge in [-0.3, -0.25) is 4.79 Å². The van der Waals surface area contributed by atoms with E-state index in [4.69, 9.17) is 0 Å². The van der Waals surface area contributed by atoms with E-state index in [9.17, 15) is 13.6 Å². The van der Waals surface area contributed by atoms with Crippen LogP contribution in [0, 0.1) is 11.6 Å². The second-order valence-corrected chi connectivity index (χ2v) is 5.40. The molecule has 0 atom stereocenters. The third-order valence-corrected chi connectivity index (χ3v) is 3.72. The SMILES string of the molecule is O=C(c1cnc(Nc2ccc(F)c(F)c2)nc1)N1CCCCC1. The van der Waals surface area contributed by atoms with Gasteiger partial charge in [0, 0.05) is 37.2 Å². The molecule has 23 heavy (non-hydrogen) atoms. The maximum atomic E-state index is 13.2. The Balaban J connectivity index is 1.68. The Morgan fingerprint density at radius 1 is 1.04 bits per heavy atom. The molecular weight excluding hydrogens is 302 g/mol. The smallest absolute Gasteiger partial charge is 0.256 e. The van der Waals surface area contributed by atoms with Gasteiger partial charge in [0.15, 0.2) is 11.6 Å². The molecule has 0 unspecified atom stereocenters. The lowest BCUT2D eigenvalue weighted by Gasteiger charge is -2.26. The van der Waals surface area contributed by atoms with Crippen molar-refractivity contribution in [3.63, 3.8) is 0 Å². The summed E-state index contributed by atoms with van der Waals surface area (Å²) in [7, 11) is 0. The third-order valence-electron chi connectivity index (χ3n) is 3.72. The summed E-state index contributed by atoms with van der Waals surface area (Å²) >= 11 is 0. The van der Waals surface area contributed by atoms with E-state index in [0.717, 1.165) is 44.5 Å². The number of piperidine rings is 1. The summed E-state index contributed by atoms with van der Waals surface area (Å²) in [4.78, 5) is 22.2. The van der Waals surface area contributed by atoms with Crippen molar-refractivity contribution >= 4 is 17.5 Å². The highest BCUT2D eigenvalue weighted by Gasteiger charge is 2.18. The minimum Gasteiger partial charge on any atom is -0.339 e. The van der Waals surface area contributed by atoms with Crippen LogP contribution in [0.4, 0.5) is 20.4 Å². The van der Waals surface area contributed by atoms with E-state index in [-0.39, 0.29) is 11.9 Å². The standard InChI is InChI=1S/C16H16F2N4O/c17-13-5-4-12(8-14(13)18)21-16-19-9-11(10-20-16)15(23)22-6-2-1-3-7-22/h4-5,8-10H,1-3,6-7H2,(H,19,20,21). The van der Waals surface area contributed by atoms with Gasteiger partial charge in [0.25, 0.3) is 5.91 Å². The number of rotatable bonds is 3. The molecule has 2 heterocycles. The number of nitrogens with one attached hydrogen (secondary N) is 1. The predicted octanol–water partition coefficient (Wildman–Crippen LogP) is 3.12. The Bertz CT molecular complexity index is 700. The minimum atomic E-state index is -0.952. The molecule has 2 aromatic rings. The van der Waals surface area contributed by atoms with Crippen molar-refractivity contribution in [1.82, 2.24) is 14.9 Å². The van der Waals surface area contributed by atoms with E-state index in [1.807, 2.05) is 0 Å². The quantitative estimate of drug-likeness (QED) is 0.944. The molecule has 1 N–H and O–H groups in total.